The van der Waals surface area contributed by atoms with Gasteiger partial charge in [-0.3, -0.25) is 4.79 Å². The Balaban J connectivity index is 1.46. The Labute approximate surface area is 164 Å². The van der Waals surface area contributed by atoms with Crippen molar-refractivity contribution in [2.75, 3.05) is 5.32 Å². The minimum atomic E-state index is -0.0112. The SMILES string of the molecule is O=C(/C=C/c1ccco1)c1ccc2c(c1)[C@@H]1C=CC[C@H]1[C@H](c1ccccc1)N2. The van der Waals surface area contributed by atoms with Crippen LogP contribution in [0.5, 0.6) is 0 Å². The van der Waals surface area contributed by atoms with Crippen molar-refractivity contribution in [2.24, 2.45) is 5.92 Å². The van der Waals surface area contributed by atoms with Crippen LogP contribution in [0.25, 0.3) is 6.08 Å². The second-order valence-corrected chi connectivity index (χ2v) is 7.40. The molecule has 0 bridgehead atoms. The molecular formula is C25H21NO2. The number of anilines is 1. The van der Waals surface area contributed by atoms with Crippen LogP contribution in [-0.4, -0.2) is 5.78 Å². The van der Waals surface area contributed by atoms with Gasteiger partial charge >= 0.3 is 0 Å². The summed E-state index contributed by atoms with van der Waals surface area (Å²) in [4.78, 5) is 12.6. The summed E-state index contributed by atoms with van der Waals surface area (Å²) < 4.78 is 5.26. The van der Waals surface area contributed by atoms with Gasteiger partial charge in [-0.2, -0.15) is 0 Å². The molecule has 0 fully saturated rings. The molecule has 5 rings (SSSR count). The zero-order chi connectivity index (χ0) is 18.9. The van der Waals surface area contributed by atoms with Gasteiger partial charge in [0, 0.05) is 17.2 Å². The summed E-state index contributed by atoms with van der Waals surface area (Å²) in [5.74, 6) is 1.47. The highest BCUT2D eigenvalue weighted by Gasteiger charge is 2.37. The van der Waals surface area contributed by atoms with Gasteiger partial charge in [-0.1, -0.05) is 42.5 Å². The number of carbonyl (C=O) groups is 1. The maximum atomic E-state index is 12.6. The average Bonchev–Trinajstić information content (AvgIpc) is 3.44. The maximum absolute atomic E-state index is 12.6. The first kappa shape index (κ1) is 16.8. The number of ketones is 1. The van der Waals surface area contributed by atoms with Crippen LogP contribution in [0.2, 0.25) is 0 Å². The van der Waals surface area contributed by atoms with Crippen molar-refractivity contribution in [3.8, 4) is 0 Å². The van der Waals surface area contributed by atoms with Crippen LogP contribution in [-0.2, 0) is 0 Å². The first-order chi connectivity index (χ1) is 13.8. The van der Waals surface area contributed by atoms with Gasteiger partial charge in [0.15, 0.2) is 5.78 Å². The zero-order valence-corrected chi connectivity index (χ0v) is 15.4. The Hall–Kier alpha value is -3.33. The van der Waals surface area contributed by atoms with Gasteiger partial charge in [0.05, 0.1) is 12.3 Å². The van der Waals surface area contributed by atoms with E-state index >= 15 is 0 Å². The number of fused-ring (bicyclic) bond motifs is 3. The summed E-state index contributed by atoms with van der Waals surface area (Å²) in [6.45, 7) is 0. The van der Waals surface area contributed by atoms with Crippen molar-refractivity contribution in [1.82, 2.24) is 0 Å². The third kappa shape index (κ3) is 2.99. The smallest absolute Gasteiger partial charge is 0.185 e. The molecule has 0 spiro atoms. The van der Waals surface area contributed by atoms with E-state index in [-0.39, 0.29) is 11.8 Å². The Morgan fingerprint density at radius 2 is 1.96 bits per heavy atom. The molecule has 3 atom stereocenters. The third-order valence-electron chi connectivity index (χ3n) is 5.75. The van der Waals surface area contributed by atoms with E-state index in [2.05, 4.69) is 47.8 Å². The molecule has 1 aliphatic carbocycles. The van der Waals surface area contributed by atoms with Gasteiger partial charge in [0.25, 0.3) is 0 Å². The Bertz CT molecular complexity index is 1050. The van der Waals surface area contributed by atoms with E-state index in [9.17, 15) is 4.79 Å². The van der Waals surface area contributed by atoms with Crippen LogP contribution in [0.15, 0.2) is 89.6 Å². The lowest BCUT2D eigenvalue weighted by Gasteiger charge is -2.37. The molecule has 3 nitrogen and oxygen atoms in total. The van der Waals surface area contributed by atoms with Crippen molar-refractivity contribution in [3.63, 3.8) is 0 Å². The van der Waals surface area contributed by atoms with E-state index in [1.54, 1.807) is 18.4 Å². The fourth-order valence-corrected chi connectivity index (χ4v) is 4.38. The molecule has 138 valence electrons. The van der Waals surface area contributed by atoms with Crippen molar-refractivity contribution < 1.29 is 9.21 Å². The molecule has 2 aromatic carbocycles. The number of nitrogens with one attached hydrogen (secondary N) is 1. The number of furan rings is 1. The van der Waals surface area contributed by atoms with E-state index in [0.29, 0.717) is 23.2 Å². The van der Waals surface area contributed by atoms with Gasteiger partial charge in [0.1, 0.15) is 5.76 Å². The predicted octanol–water partition coefficient (Wildman–Crippen LogP) is 6.00. The summed E-state index contributed by atoms with van der Waals surface area (Å²) in [5, 5.41) is 3.72. The highest BCUT2D eigenvalue weighted by Crippen LogP contribution is 2.49. The molecule has 0 saturated heterocycles. The fourth-order valence-electron chi connectivity index (χ4n) is 4.38. The van der Waals surface area contributed by atoms with E-state index in [0.717, 1.165) is 12.1 Å². The quantitative estimate of drug-likeness (QED) is 0.349. The second-order valence-electron chi connectivity index (χ2n) is 7.40. The van der Waals surface area contributed by atoms with Crippen LogP contribution >= 0.6 is 0 Å². The Morgan fingerprint density at radius 3 is 2.79 bits per heavy atom. The molecule has 1 aromatic heterocycles. The lowest BCUT2D eigenvalue weighted by molar-refractivity contribution is 0.104. The molecule has 28 heavy (non-hydrogen) atoms. The van der Waals surface area contributed by atoms with Crippen molar-refractivity contribution in [1.29, 1.82) is 0 Å². The minimum Gasteiger partial charge on any atom is -0.465 e. The van der Waals surface area contributed by atoms with E-state index in [1.165, 1.54) is 11.1 Å². The topological polar surface area (TPSA) is 42.2 Å². The number of rotatable bonds is 4. The maximum Gasteiger partial charge on any atom is 0.185 e. The normalized spacial score (nSPS) is 22.6. The molecule has 1 aliphatic heterocycles. The molecule has 1 N–H and O–H groups in total. The molecule has 0 amide bonds. The molecule has 0 radical (unpaired) electrons. The fraction of sp³-hybridized carbons (Fsp3) is 0.160. The van der Waals surface area contributed by atoms with Gasteiger partial charge in [-0.25, -0.2) is 0 Å². The van der Waals surface area contributed by atoms with Crippen molar-refractivity contribution >= 4 is 17.5 Å². The second kappa shape index (κ2) is 7.01. The first-order valence-electron chi connectivity index (χ1n) is 9.67. The Morgan fingerprint density at radius 1 is 1.07 bits per heavy atom. The summed E-state index contributed by atoms with van der Waals surface area (Å²) in [6, 6.07) is 20.5. The highest BCUT2D eigenvalue weighted by atomic mass is 16.3. The summed E-state index contributed by atoms with van der Waals surface area (Å²) in [6.07, 6.45) is 10.5. The molecule has 2 heterocycles. The predicted molar refractivity (Wildman–Crippen MR) is 111 cm³/mol. The number of hydrogen-bond acceptors (Lipinski definition) is 3. The standard InChI is InChI=1S/C25H21NO2/c27-24(14-12-19-8-5-15-28-19)18-11-13-23-22(16-18)20-9-4-10-21(20)25(26-23)17-6-2-1-3-7-17/h1-9,11-16,20-21,25-26H,10H2/b14-12+/t20-,21-,25+/m1/s1. The van der Waals surface area contributed by atoms with Crippen molar-refractivity contribution in [3.05, 3.63) is 108 Å². The average molecular weight is 367 g/mol. The molecule has 3 aromatic rings. The number of hydrogen-bond donors (Lipinski definition) is 1. The van der Waals surface area contributed by atoms with Crippen LogP contribution in [0.4, 0.5) is 5.69 Å². The van der Waals surface area contributed by atoms with E-state index in [1.807, 2.05) is 30.3 Å². The monoisotopic (exact) mass is 367 g/mol. The molecule has 0 unspecified atom stereocenters. The van der Waals surface area contributed by atoms with Crippen molar-refractivity contribution in [2.45, 2.75) is 18.4 Å². The summed E-state index contributed by atoms with van der Waals surface area (Å²) in [7, 11) is 0. The highest BCUT2D eigenvalue weighted by molar-refractivity contribution is 6.07. The zero-order valence-electron chi connectivity index (χ0n) is 15.4. The van der Waals surface area contributed by atoms with Gasteiger partial charge < -0.3 is 9.73 Å². The lowest BCUT2D eigenvalue weighted by atomic mass is 9.76. The number of benzene rings is 2. The molecule has 0 saturated carbocycles. The first-order valence-corrected chi connectivity index (χ1v) is 9.67. The van der Waals surface area contributed by atoms with E-state index in [4.69, 9.17) is 4.42 Å². The van der Waals surface area contributed by atoms with Gasteiger partial charge in [-0.15, -0.1) is 0 Å². The minimum absolute atomic E-state index is 0.0112. The molecular weight excluding hydrogens is 346 g/mol. The Kier molecular flexibility index (Phi) is 4.21. The largest absolute Gasteiger partial charge is 0.465 e. The van der Waals surface area contributed by atoms with E-state index < -0.39 is 0 Å². The van der Waals surface area contributed by atoms with Gasteiger partial charge in [0.2, 0.25) is 0 Å². The number of carbonyl (C=O) groups excluding carboxylic acids is 1. The van der Waals surface area contributed by atoms with Crippen LogP contribution in [0.3, 0.4) is 0 Å². The summed E-state index contributed by atoms with van der Waals surface area (Å²) >= 11 is 0. The van der Waals surface area contributed by atoms with Gasteiger partial charge in [-0.05, 0) is 65.9 Å². The van der Waals surface area contributed by atoms with Crippen LogP contribution < -0.4 is 5.32 Å². The van der Waals surface area contributed by atoms with Crippen LogP contribution in [0, 0.1) is 5.92 Å². The lowest BCUT2D eigenvalue weighted by Crippen LogP contribution is -2.29. The summed E-state index contributed by atoms with van der Waals surface area (Å²) in [5.41, 5.74) is 4.35. The molecule has 3 heteroatoms. The van der Waals surface area contributed by atoms with Crippen LogP contribution in [0.1, 0.15) is 45.6 Å². The molecule has 2 aliphatic rings. The third-order valence-corrected chi connectivity index (χ3v) is 5.75. The number of allylic oxidation sites excluding steroid dienone is 3.